The number of anilines is 1. The maximum absolute atomic E-state index is 14.0. The van der Waals surface area contributed by atoms with Crippen LogP contribution in [0.3, 0.4) is 0 Å². The van der Waals surface area contributed by atoms with Crippen molar-refractivity contribution in [2.45, 2.75) is 57.0 Å². The highest BCUT2D eigenvalue weighted by molar-refractivity contribution is 7.21. The number of thiophene rings is 1. The molecule has 0 amide bonds. The number of alkyl halides is 3. The van der Waals surface area contributed by atoms with Crippen molar-refractivity contribution < 1.29 is 22.7 Å². The first kappa shape index (κ1) is 19.2. The third kappa shape index (κ3) is 2.94. The summed E-state index contributed by atoms with van der Waals surface area (Å²) in [5.41, 5.74) is 5.30. The van der Waals surface area contributed by atoms with Gasteiger partial charge in [-0.05, 0) is 69.3 Å². The van der Waals surface area contributed by atoms with Gasteiger partial charge in [0, 0.05) is 16.5 Å². The number of nitrogens with two attached hydrogens (primary N) is 1. The van der Waals surface area contributed by atoms with Gasteiger partial charge < -0.3 is 10.5 Å². The van der Waals surface area contributed by atoms with Crippen LogP contribution in [0.15, 0.2) is 6.07 Å². The Balaban J connectivity index is 1.69. The quantitative estimate of drug-likeness (QED) is 0.657. The van der Waals surface area contributed by atoms with E-state index in [1.54, 1.807) is 6.92 Å². The number of hydrogen-bond donors (Lipinski definition) is 1. The van der Waals surface area contributed by atoms with Crippen LogP contribution >= 0.6 is 11.3 Å². The number of halogens is 3. The summed E-state index contributed by atoms with van der Waals surface area (Å²) in [6.07, 6.45) is 1.78. The minimum atomic E-state index is -4.57. The van der Waals surface area contributed by atoms with E-state index in [1.165, 1.54) is 25.3 Å². The first-order valence-corrected chi connectivity index (χ1v) is 11.0. The molecule has 4 aliphatic rings. The van der Waals surface area contributed by atoms with E-state index >= 15 is 0 Å². The van der Waals surface area contributed by atoms with Crippen molar-refractivity contribution in [3.8, 4) is 0 Å². The molecule has 2 N–H and O–H groups in total. The second kappa shape index (κ2) is 6.33. The number of nitrogens with zero attached hydrogens (tertiary/aromatic N) is 1. The fourth-order valence-electron chi connectivity index (χ4n) is 6.39. The smallest absolute Gasteiger partial charge is 0.417 e. The summed E-state index contributed by atoms with van der Waals surface area (Å²) < 4.78 is 47.0. The number of rotatable bonds is 3. The summed E-state index contributed by atoms with van der Waals surface area (Å²) >= 11 is 0.910. The summed E-state index contributed by atoms with van der Waals surface area (Å²) in [5, 5.41) is -0.168. The van der Waals surface area contributed by atoms with E-state index < -0.39 is 17.7 Å². The van der Waals surface area contributed by atoms with Gasteiger partial charge >= 0.3 is 12.1 Å². The monoisotopic (exact) mass is 424 g/mol. The van der Waals surface area contributed by atoms with Crippen LogP contribution in [0.5, 0.6) is 0 Å². The zero-order chi connectivity index (χ0) is 20.6. The normalized spacial score (nSPS) is 30.8. The Morgan fingerprint density at radius 3 is 2.34 bits per heavy atom. The van der Waals surface area contributed by atoms with E-state index in [0.717, 1.165) is 30.6 Å². The van der Waals surface area contributed by atoms with Gasteiger partial charge in [-0.3, -0.25) is 0 Å². The van der Waals surface area contributed by atoms with Crippen LogP contribution in [0, 0.1) is 17.8 Å². The van der Waals surface area contributed by atoms with E-state index in [0.29, 0.717) is 23.4 Å². The number of nitrogen functional groups attached to an aromatic ring is 1. The fraction of sp³-hybridized carbons (Fsp3) is 0.619. The highest BCUT2D eigenvalue weighted by Gasteiger charge is 2.53. The zero-order valence-electron chi connectivity index (χ0n) is 16.1. The van der Waals surface area contributed by atoms with Crippen molar-refractivity contribution in [2.75, 3.05) is 12.3 Å². The zero-order valence-corrected chi connectivity index (χ0v) is 17.0. The summed E-state index contributed by atoms with van der Waals surface area (Å²) in [6, 6.07) is 1.22. The van der Waals surface area contributed by atoms with Gasteiger partial charge in [0.15, 0.2) is 0 Å². The van der Waals surface area contributed by atoms with Crippen molar-refractivity contribution in [3.05, 3.63) is 22.2 Å². The van der Waals surface area contributed by atoms with Crippen molar-refractivity contribution >= 4 is 33.2 Å². The van der Waals surface area contributed by atoms with E-state index in [9.17, 15) is 18.0 Å². The Morgan fingerprint density at radius 1 is 1.24 bits per heavy atom. The highest BCUT2D eigenvalue weighted by Crippen LogP contribution is 2.61. The molecule has 0 saturated heterocycles. The molecule has 2 heterocycles. The van der Waals surface area contributed by atoms with Crippen molar-refractivity contribution in [1.29, 1.82) is 0 Å². The second-order valence-electron chi connectivity index (χ2n) is 9.00. The van der Waals surface area contributed by atoms with Crippen LogP contribution in [-0.2, 0) is 16.3 Å². The molecule has 0 atom stereocenters. The molecule has 2 aromatic heterocycles. The molecule has 4 bridgehead atoms. The lowest BCUT2D eigenvalue weighted by Crippen LogP contribution is -2.49. The Hall–Kier alpha value is -1.83. The summed E-state index contributed by atoms with van der Waals surface area (Å²) in [4.78, 5) is 17.1. The molecule has 0 unspecified atom stereocenters. The molecule has 2 aromatic rings. The lowest BCUT2D eigenvalue weighted by Gasteiger charge is -2.56. The van der Waals surface area contributed by atoms with E-state index in [1.807, 2.05) is 0 Å². The average Bonchev–Trinajstić information content (AvgIpc) is 2.96. The molecule has 4 saturated carbocycles. The number of fused-ring (bicyclic) bond motifs is 1. The van der Waals surface area contributed by atoms with Gasteiger partial charge in [-0.1, -0.05) is 0 Å². The second-order valence-corrected chi connectivity index (χ2v) is 10.00. The molecule has 4 fully saturated rings. The first-order chi connectivity index (χ1) is 13.7. The molecule has 0 aromatic carbocycles. The summed E-state index contributed by atoms with van der Waals surface area (Å²) in [5.74, 6) is 1.09. The highest BCUT2D eigenvalue weighted by atomic mass is 32.1. The minimum Gasteiger partial charge on any atom is -0.462 e. The minimum absolute atomic E-state index is 0.00233. The average molecular weight is 424 g/mol. The van der Waals surface area contributed by atoms with Crippen LogP contribution in [0.1, 0.15) is 66.4 Å². The predicted octanol–water partition coefficient (Wildman–Crippen LogP) is 5.54. The van der Waals surface area contributed by atoms with Crippen LogP contribution in [0.4, 0.5) is 18.9 Å². The van der Waals surface area contributed by atoms with Gasteiger partial charge in [0.2, 0.25) is 0 Å². The van der Waals surface area contributed by atoms with Crippen molar-refractivity contribution in [2.24, 2.45) is 17.8 Å². The van der Waals surface area contributed by atoms with Crippen molar-refractivity contribution in [1.82, 2.24) is 4.98 Å². The molecule has 8 heteroatoms. The standard InChI is InChI=1S/C21H23F3N2O2S/c1-2-28-19(27)17-16(25)15-13(21(22,23)24)6-14(26-18(15)29-17)20-7-10-3-11(8-20)5-12(4-10)9-20/h6,10-12H,2-5,7-9,25H2,1H3. The topological polar surface area (TPSA) is 65.2 Å². The molecule has 4 nitrogen and oxygen atoms in total. The molecule has 29 heavy (non-hydrogen) atoms. The number of aromatic nitrogens is 1. The number of pyridine rings is 1. The van der Waals surface area contributed by atoms with Crippen LogP contribution < -0.4 is 5.73 Å². The van der Waals surface area contributed by atoms with E-state index in [2.05, 4.69) is 0 Å². The SMILES string of the molecule is CCOC(=O)c1sc2nc(C34CC5CC(CC(C5)C3)C4)cc(C(F)(F)F)c2c1N. The van der Waals surface area contributed by atoms with Gasteiger partial charge in [-0.25, -0.2) is 9.78 Å². The Kier molecular flexibility index (Phi) is 4.18. The molecular formula is C21H23F3N2O2S. The summed E-state index contributed by atoms with van der Waals surface area (Å²) in [7, 11) is 0. The maximum Gasteiger partial charge on any atom is 0.417 e. The Bertz CT molecular complexity index is 963. The Morgan fingerprint density at radius 2 is 1.83 bits per heavy atom. The van der Waals surface area contributed by atoms with E-state index in [-0.39, 0.29) is 32.8 Å². The van der Waals surface area contributed by atoms with Gasteiger partial charge in [0.1, 0.15) is 9.71 Å². The molecular weight excluding hydrogens is 401 g/mol. The molecule has 0 spiro atoms. The van der Waals surface area contributed by atoms with Gasteiger partial charge in [0.05, 0.1) is 17.9 Å². The van der Waals surface area contributed by atoms with Gasteiger partial charge in [-0.15, -0.1) is 11.3 Å². The van der Waals surface area contributed by atoms with Crippen LogP contribution in [0.2, 0.25) is 0 Å². The van der Waals surface area contributed by atoms with E-state index in [4.69, 9.17) is 15.5 Å². The number of carbonyl (C=O) groups is 1. The fourth-order valence-corrected chi connectivity index (χ4v) is 7.40. The third-order valence-corrected chi connectivity index (χ3v) is 8.13. The number of esters is 1. The predicted molar refractivity (Wildman–Crippen MR) is 105 cm³/mol. The Labute approximate surface area is 170 Å². The maximum atomic E-state index is 14.0. The van der Waals surface area contributed by atoms with Gasteiger partial charge in [-0.2, -0.15) is 13.2 Å². The van der Waals surface area contributed by atoms with Crippen LogP contribution in [0.25, 0.3) is 10.2 Å². The molecule has 4 aliphatic carbocycles. The largest absolute Gasteiger partial charge is 0.462 e. The third-order valence-electron chi connectivity index (χ3n) is 7.05. The molecule has 0 aliphatic heterocycles. The van der Waals surface area contributed by atoms with Gasteiger partial charge in [0.25, 0.3) is 0 Å². The number of carbonyl (C=O) groups excluding carboxylic acids is 1. The number of ether oxygens (including phenoxy) is 1. The van der Waals surface area contributed by atoms with Crippen LogP contribution in [-0.4, -0.2) is 17.6 Å². The first-order valence-electron chi connectivity index (χ1n) is 10.2. The lowest BCUT2D eigenvalue weighted by molar-refractivity contribution is -0.136. The number of hydrogen-bond acceptors (Lipinski definition) is 5. The van der Waals surface area contributed by atoms with Crippen molar-refractivity contribution in [3.63, 3.8) is 0 Å². The molecule has 0 radical (unpaired) electrons. The molecule has 6 rings (SSSR count). The summed E-state index contributed by atoms with van der Waals surface area (Å²) in [6.45, 7) is 1.77. The lowest BCUT2D eigenvalue weighted by atomic mass is 9.48. The molecule has 156 valence electrons.